The number of ether oxygens (including phenoxy) is 1. The number of rotatable bonds is 4. The van der Waals surface area contributed by atoms with E-state index in [0.29, 0.717) is 11.8 Å². The number of hydrogen-bond donors (Lipinski definition) is 1. The lowest BCUT2D eigenvalue weighted by molar-refractivity contribution is 0.0870. The predicted molar refractivity (Wildman–Crippen MR) is 79.2 cm³/mol. The highest BCUT2D eigenvalue weighted by molar-refractivity contribution is 5.53. The number of nitrogens with zero attached hydrogens (tertiary/aromatic N) is 3. The number of aromatic nitrogens is 3. The van der Waals surface area contributed by atoms with Crippen molar-refractivity contribution in [3.05, 3.63) is 18.6 Å². The van der Waals surface area contributed by atoms with Gasteiger partial charge < -0.3 is 10.1 Å². The van der Waals surface area contributed by atoms with E-state index in [1.165, 1.54) is 25.7 Å². The molecule has 5 nitrogen and oxygen atoms in total. The highest BCUT2D eigenvalue weighted by Gasteiger charge is 2.26. The first-order chi connectivity index (χ1) is 9.81. The van der Waals surface area contributed by atoms with Gasteiger partial charge in [0.05, 0.1) is 6.20 Å². The number of nitrogens with one attached hydrogen (secondary N) is 1. The molecule has 0 spiro atoms. The molecule has 0 saturated heterocycles. The molecule has 2 atom stereocenters. The van der Waals surface area contributed by atoms with Gasteiger partial charge in [-0.3, -0.25) is 4.40 Å². The van der Waals surface area contributed by atoms with Crippen molar-refractivity contribution in [2.75, 3.05) is 12.4 Å². The molecule has 3 rings (SSSR count). The van der Waals surface area contributed by atoms with Crippen molar-refractivity contribution in [3.63, 3.8) is 0 Å². The molecule has 2 heterocycles. The highest BCUT2D eigenvalue weighted by atomic mass is 16.5. The van der Waals surface area contributed by atoms with Gasteiger partial charge in [-0.1, -0.05) is 13.3 Å². The Morgan fingerprint density at radius 1 is 1.40 bits per heavy atom. The summed E-state index contributed by atoms with van der Waals surface area (Å²) < 4.78 is 8.19. The van der Waals surface area contributed by atoms with Crippen molar-refractivity contribution < 1.29 is 4.74 Å². The fourth-order valence-electron chi connectivity index (χ4n) is 3.04. The van der Waals surface area contributed by atoms with Crippen LogP contribution in [0.25, 0.3) is 5.65 Å². The van der Waals surface area contributed by atoms with E-state index < -0.39 is 0 Å². The second-order valence-electron chi connectivity index (χ2n) is 5.45. The normalized spacial score (nSPS) is 22.9. The quantitative estimate of drug-likeness (QED) is 0.930. The maximum Gasteiger partial charge on any atom is 0.260 e. The van der Waals surface area contributed by atoms with E-state index in [1.807, 2.05) is 23.8 Å². The van der Waals surface area contributed by atoms with E-state index in [0.717, 1.165) is 17.9 Å². The van der Waals surface area contributed by atoms with Crippen LogP contribution >= 0.6 is 0 Å². The van der Waals surface area contributed by atoms with Gasteiger partial charge in [0.2, 0.25) is 5.65 Å². The van der Waals surface area contributed by atoms with Gasteiger partial charge in [0.15, 0.2) is 0 Å². The van der Waals surface area contributed by atoms with Crippen molar-refractivity contribution in [2.24, 2.45) is 5.92 Å². The lowest BCUT2D eigenvalue weighted by Crippen LogP contribution is -2.30. The number of fused-ring (bicyclic) bond motifs is 1. The molecule has 0 radical (unpaired) electrons. The van der Waals surface area contributed by atoms with Crippen molar-refractivity contribution in [1.82, 2.24) is 14.4 Å². The summed E-state index contributed by atoms with van der Waals surface area (Å²) in [6.45, 7) is 2.24. The van der Waals surface area contributed by atoms with Crippen LogP contribution < -0.4 is 10.1 Å². The molecule has 2 aromatic rings. The van der Waals surface area contributed by atoms with E-state index in [9.17, 15) is 0 Å². The van der Waals surface area contributed by atoms with Crippen LogP contribution in [0, 0.1) is 5.92 Å². The van der Waals surface area contributed by atoms with Crippen LogP contribution in [0.1, 0.15) is 39.0 Å². The van der Waals surface area contributed by atoms with Gasteiger partial charge in [-0.05, 0) is 31.6 Å². The van der Waals surface area contributed by atoms with Crippen LogP contribution in [-0.4, -0.2) is 27.5 Å². The first kappa shape index (κ1) is 13.2. The standard InChI is InChI=1S/C15H22N4O/c1-3-11-6-4-5-7-12(11)20-15-14-17-8-9-19(14)10-13(16-2)18-15/h8-12,16H,3-7H2,1-2H3. The average molecular weight is 274 g/mol. The highest BCUT2D eigenvalue weighted by Crippen LogP contribution is 2.31. The summed E-state index contributed by atoms with van der Waals surface area (Å²) in [5.74, 6) is 2.08. The molecule has 0 bridgehead atoms. The Hall–Kier alpha value is -1.78. The van der Waals surface area contributed by atoms with Crippen molar-refractivity contribution >= 4 is 11.5 Å². The summed E-state index contributed by atoms with van der Waals surface area (Å²) in [7, 11) is 1.87. The minimum atomic E-state index is 0.272. The van der Waals surface area contributed by atoms with Crippen molar-refractivity contribution in [1.29, 1.82) is 0 Å². The van der Waals surface area contributed by atoms with Crippen LogP contribution in [0.2, 0.25) is 0 Å². The molecule has 2 unspecified atom stereocenters. The minimum absolute atomic E-state index is 0.272. The second-order valence-corrected chi connectivity index (χ2v) is 5.45. The largest absolute Gasteiger partial charge is 0.471 e. The van der Waals surface area contributed by atoms with Crippen LogP contribution in [0.15, 0.2) is 18.6 Å². The van der Waals surface area contributed by atoms with E-state index in [4.69, 9.17) is 4.74 Å². The molecule has 108 valence electrons. The zero-order valence-electron chi connectivity index (χ0n) is 12.2. The average Bonchev–Trinajstić information content (AvgIpc) is 2.96. The molecule has 2 aromatic heterocycles. The number of anilines is 1. The third kappa shape index (κ3) is 2.44. The maximum absolute atomic E-state index is 6.24. The summed E-state index contributed by atoms with van der Waals surface area (Å²) >= 11 is 0. The molecule has 1 N–H and O–H groups in total. The van der Waals surface area contributed by atoms with Gasteiger partial charge in [-0.15, -0.1) is 0 Å². The predicted octanol–water partition coefficient (Wildman–Crippen LogP) is 3.12. The smallest absolute Gasteiger partial charge is 0.260 e. The third-order valence-corrected chi connectivity index (χ3v) is 4.23. The molecule has 1 saturated carbocycles. The second kappa shape index (κ2) is 5.69. The topological polar surface area (TPSA) is 51.5 Å². The lowest BCUT2D eigenvalue weighted by atomic mass is 9.85. The number of imidazole rings is 1. The Labute approximate surface area is 119 Å². The van der Waals surface area contributed by atoms with E-state index in [1.54, 1.807) is 6.20 Å². The molecule has 5 heteroatoms. The van der Waals surface area contributed by atoms with Gasteiger partial charge >= 0.3 is 0 Å². The zero-order valence-corrected chi connectivity index (χ0v) is 12.2. The molecule has 1 fully saturated rings. The van der Waals surface area contributed by atoms with Gasteiger partial charge in [-0.25, -0.2) is 4.98 Å². The number of hydrogen-bond acceptors (Lipinski definition) is 4. The summed E-state index contributed by atoms with van der Waals surface area (Å²) in [5, 5.41) is 3.07. The molecular formula is C15H22N4O. The molecule has 0 aromatic carbocycles. The molecule has 0 aliphatic heterocycles. The Kier molecular flexibility index (Phi) is 3.76. The van der Waals surface area contributed by atoms with Gasteiger partial charge in [0, 0.05) is 19.4 Å². The van der Waals surface area contributed by atoms with Crippen LogP contribution in [0.4, 0.5) is 5.82 Å². The summed E-state index contributed by atoms with van der Waals surface area (Å²) in [6, 6.07) is 0. The Morgan fingerprint density at radius 2 is 2.25 bits per heavy atom. The van der Waals surface area contributed by atoms with Gasteiger partial charge in [0.1, 0.15) is 11.9 Å². The zero-order chi connectivity index (χ0) is 13.9. The Balaban J connectivity index is 1.90. The van der Waals surface area contributed by atoms with E-state index in [-0.39, 0.29) is 6.10 Å². The van der Waals surface area contributed by atoms with Gasteiger partial charge in [0.25, 0.3) is 5.88 Å². The summed E-state index contributed by atoms with van der Waals surface area (Å²) in [5.41, 5.74) is 0.796. The summed E-state index contributed by atoms with van der Waals surface area (Å²) in [4.78, 5) is 8.90. The first-order valence-corrected chi connectivity index (χ1v) is 7.50. The van der Waals surface area contributed by atoms with Crippen LogP contribution in [0.3, 0.4) is 0 Å². The molecule has 0 amide bonds. The first-order valence-electron chi connectivity index (χ1n) is 7.50. The van der Waals surface area contributed by atoms with Crippen LogP contribution in [-0.2, 0) is 0 Å². The maximum atomic E-state index is 6.24. The fourth-order valence-corrected chi connectivity index (χ4v) is 3.04. The SMILES string of the molecule is CCC1CCCCC1Oc1nc(NC)cn2ccnc12. The van der Waals surface area contributed by atoms with E-state index in [2.05, 4.69) is 22.2 Å². The van der Waals surface area contributed by atoms with Crippen LogP contribution in [0.5, 0.6) is 5.88 Å². The third-order valence-electron chi connectivity index (χ3n) is 4.23. The molecule has 1 aliphatic rings. The monoisotopic (exact) mass is 274 g/mol. The lowest BCUT2D eigenvalue weighted by Gasteiger charge is -2.30. The van der Waals surface area contributed by atoms with Crippen molar-refractivity contribution in [3.8, 4) is 5.88 Å². The molecule has 20 heavy (non-hydrogen) atoms. The summed E-state index contributed by atoms with van der Waals surface area (Å²) in [6.07, 6.45) is 12.0. The molecular weight excluding hydrogens is 252 g/mol. The Morgan fingerprint density at radius 3 is 3.05 bits per heavy atom. The molecule has 1 aliphatic carbocycles. The fraction of sp³-hybridized carbons (Fsp3) is 0.600. The van der Waals surface area contributed by atoms with Gasteiger partial charge in [-0.2, -0.15) is 4.98 Å². The Bertz CT molecular complexity index is 580. The van der Waals surface area contributed by atoms with E-state index >= 15 is 0 Å². The minimum Gasteiger partial charge on any atom is -0.471 e. The van der Waals surface area contributed by atoms with Crippen molar-refractivity contribution in [2.45, 2.75) is 45.1 Å².